The van der Waals surface area contributed by atoms with Crippen molar-refractivity contribution >= 4 is 5.91 Å². The Morgan fingerprint density at radius 3 is 2.87 bits per heavy atom. The molecule has 4 heteroatoms. The van der Waals surface area contributed by atoms with Crippen molar-refractivity contribution in [2.24, 2.45) is 0 Å². The van der Waals surface area contributed by atoms with E-state index in [1.54, 1.807) is 0 Å². The van der Waals surface area contributed by atoms with Gasteiger partial charge in [0.2, 0.25) is 5.91 Å². The molecule has 1 rings (SSSR count). The van der Waals surface area contributed by atoms with Crippen molar-refractivity contribution in [3.8, 4) is 0 Å². The molecule has 0 aliphatic carbocycles. The van der Waals surface area contributed by atoms with Crippen molar-refractivity contribution in [3.05, 3.63) is 0 Å². The van der Waals surface area contributed by atoms with E-state index in [0.717, 1.165) is 19.5 Å². The van der Waals surface area contributed by atoms with Crippen molar-refractivity contribution in [2.45, 2.75) is 32.3 Å². The zero-order valence-corrected chi connectivity index (χ0v) is 10.0. The van der Waals surface area contributed by atoms with Crippen LogP contribution in [-0.2, 0) is 9.53 Å². The van der Waals surface area contributed by atoms with Gasteiger partial charge >= 0.3 is 0 Å². The minimum Gasteiger partial charge on any atom is -0.372 e. The first-order valence-electron chi connectivity index (χ1n) is 5.61. The fourth-order valence-corrected chi connectivity index (χ4v) is 1.80. The maximum Gasteiger partial charge on any atom is 0.222 e. The Morgan fingerprint density at radius 1 is 1.53 bits per heavy atom. The first kappa shape index (κ1) is 12.5. The van der Waals surface area contributed by atoms with Crippen LogP contribution in [0.1, 0.15) is 26.7 Å². The summed E-state index contributed by atoms with van der Waals surface area (Å²) in [4.78, 5) is 13.7. The number of hydrogen-bond donors (Lipinski definition) is 1. The smallest absolute Gasteiger partial charge is 0.222 e. The summed E-state index contributed by atoms with van der Waals surface area (Å²) in [7, 11) is 1.91. The molecule has 0 aromatic heterocycles. The molecule has 15 heavy (non-hydrogen) atoms. The Balaban J connectivity index is 2.32. The Labute approximate surface area is 92.0 Å². The number of ether oxygens (including phenoxy) is 1. The zero-order valence-electron chi connectivity index (χ0n) is 10.0. The van der Waals surface area contributed by atoms with E-state index in [2.05, 4.69) is 5.32 Å². The van der Waals surface area contributed by atoms with Gasteiger partial charge in [-0.05, 0) is 33.9 Å². The lowest BCUT2D eigenvalue weighted by Gasteiger charge is -2.38. The molecular weight excluding hydrogens is 192 g/mol. The minimum absolute atomic E-state index is 0.184. The summed E-state index contributed by atoms with van der Waals surface area (Å²) in [6.07, 6.45) is 1.55. The molecule has 1 fully saturated rings. The van der Waals surface area contributed by atoms with Crippen molar-refractivity contribution in [1.82, 2.24) is 10.2 Å². The van der Waals surface area contributed by atoms with Gasteiger partial charge in [0.15, 0.2) is 0 Å². The summed E-state index contributed by atoms with van der Waals surface area (Å²) in [5.74, 6) is 0.252. The van der Waals surface area contributed by atoms with E-state index in [-0.39, 0.29) is 11.5 Å². The SMILES string of the molecule is CNCCCC(=O)N1CCOC(C)(C)C1. The van der Waals surface area contributed by atoms with Gasteiger partial charge in [0, 0.05) is 19.5 Å². The van der Waals surface area contributed by atoms with E-state index in [1.165, 1.54) is 0 Å². The van der Waals surface area contributed by atoms with Gasteiger partial charge in [-0.2, -0.15) is 0 Å². The van der Waals surface area contributed by atoms with Crippen LogP contribution in [0.5, 0.6) is 0 Å². The van der Waals surface area contributed by atoms with Gasteiger partial charge in [0.25, 0.3) is 0 Å². The molecule has 0 bridgehead atoms. The molecule has 0 aromatic rings. The quantitative estimate of drug-likeness (QED) is 0.698. The van der Waals surface area contributed by atoms with Crippen LogP contribution in [0.3, 0.4) is 0 Å². The van der Waals surface area contributed by atoms with Crippen LogP contribution in [0.2, 0.25) is 0 Å². The average Bonchev–Trinajstić information content (AvgIpc) is 2.16. The predicted molar refractivity (Wildman–Crippen MR) is 59.8 cm³/mol. The molecule has 4 nitrogen and oxygen atoms in total. The highest BCUT2D eigenvalue weighted by Gasteiger charge is 2.29. The van der Waals surface area contributed by atoms with Crippen LogP contribution in [0.25, 0.3) is 0 Å². The second kappa shape index (κ2) is 5.47. The van der Waals surface area contributed by atoms with E-state index < -0.39 is 0 Å². The first-order chi connectivity index (χ1) is 7.05. The number of rotatable bonds is 4. The third kappa shape index (κ3) is 4.18. The molecule has 0 spiro atoms. The Kier molecular flexibility index (Phi) is 4.54. The lowest BCUT2D eigenvalue weighted by Crippen LogP contribution is -2.50. The summed E-state index contributed by atoms with van der Waals surface area (Å²) >= 11 is 0. The Hall–Kier alpha value is -0.610. The Bertz CT molecular complexity index is 217. The van der Waals surface area contributed by atoms with Gasteiger partial charge in [-0.3, -0.25) is 4.79 Å². The summed E-state index contributed by atoms with van der Waals surface area (Å²) in [6, 6.07) is 0. The molecule has 1 N–H and O–H groups in total. The van der Waals surface area contributed by atoms with Crippen molar-refractivity contribution < 1.29 is 9.53 Å². The van der Waals surface area contributed by atoms with Crippen molar-refractivity contribution in [2.75, 3.05) is 33.3 Å². The van der Waals surface area contributed by atoms with Crippen LogP contribution in [0.4, 0.5) is 0 Å². The van der Waals surface area contributed by atoms with Gasteiger partial charge in [-0.15, -0.1) is 0 Å². The fourth-order valence-electron chi connectivity index (χ4n) is 1.80. The number of carbonyl (C=O) groups is 1. The fraction of sp³-hybridized carbons (Fsp3) is 0.909. The van der Waals surface area contributed by atoms with Crippen molar-refractivity contribution in [1.29, 1.82) is 0 Å². The molecule has 1 aliphatic heterocycles. The maximum absolute atomic E-state index is 11.8. The lowest BCUT2D eigenvalue weighted by atomic mass is 10.1. The standard InChI is InChI=1S/C11H22N2O2/c1-11(2)9-13(7-8-15-11)10(14)5-4-6-12-3/h12H,4-9H2,1-3H3. The van der Waals surface area contributed by atoms with Crippen LogP contribution in [0, 0.1) is 0 Å². The highest BCUT2D eigenvalue weighted by atomic mass is 16.5. The number of hydrogen-bond acceptors (Lipinski definition) is 3. The van der Waals surface area contributed by atoms with Crippen LogP contribution < -0.4 is 5.32 Å². The number of nitrogens with zero attached hydrogens (tertiary/aromatic N) is 1. The molecule has 88 valence electrons. The molecule has 0 aromatic carbocycles. The number of morpholine rings is 1. The third-order valence-electron chi connectivity index (χ3n) is 2.60. The van der Waals surface area contributed by atoms with Gasteiger partial charge < -0.3 is 15.0 Å². The second-order valence-corrected chi connectivity index (χ2v) is 4.63. The third-order valence-corrected chi connectivity index (χ3v) is 2.60. The minimum atomic E-state index is -0.184. The Morgan fingerprint density at radius 2 is 2.27 bits per heavy atom. The molecule has 1 aliphatic rings. The van der Waals surface area contributed by atoms with Gasteiger partial charge in [-0.25, -0.2) is 0 Å². The lowest BCUT2D eigenvalue weighted by molar-refractivity contribution is -0.146. The van der Waals surface area contributed by atoms with E-state index >= 15 is 0 Å². The summed E-state index contributed by atoms with van der Waals surface area (Å²) in [6.45, 7) is 7.07. The predicted octanol–water partition coefficient (Wildman–Crippen LogP) is 0.623. The van der Waals surface area contributed by atoms with Crippen LogP contribution in [-0.4, -0.2) is 49.7 Å². The number of nitrogens with one attached hydrogen (secondary N) is 1. The van der Waals surface area contributed by atoms with Crippen molar-refractivity contribution in [3.63, 3.8) is 0 Å². The maximum atomic E-state index is 11.8. The summed E-state index contributed by atoms with van der Waals surface area (Å²) in [5.41, 5.74) is -0.184. The normalized spacial score (nSPS) is 20.3. The summed E-state index contributed by atoms with van der Waals surface area (Å²) in [5, 5.41) is 3.05. The number of carbonyl (C=O) groups excluding carboxylic acids is 1. The zero-order chi connectivity index (χ0) is 11.3. The monoisotopic (exact) mass is 214 g/mol. The van der Waals surface area contributed by atoms with Gasteiger partial charge in [-0.1, -0.05) is 0 Å². The van der Waals surface area contributed by atoms with Crippen LogP contribution in [0.15, 0.2) is 0 Å². The highest BCUT2D eigenvalue weighted by Crippen LogP contribution is 2.17. The second-order valence-electron chi connectivity index (χ2n) is 4.63. The first-order valence-corrected chi connectivity index (χ1v) is 5.61. The van der Waals surface area contributed by atoms with E-state index in [1.807, 2.05) is 25.8 Å². The molecule has 0 radical (unpaired) electrons. The van der Waals surface area contributed by atoms with E-state index in [9.17, 15) is 4.79 Å². The molecule has 1 amide bonds. The summed E-state index contributed by atoms with van der Waals surface area (Å²) < 4.78 is 5.57. The largest absolute Gasteiger partial charge is 0.372 e. The molecule has 1 saturated heterocycles. The highest BCUT2D eigenvalue weighted by molar-refractivity contribution is 5.76. The van der Waals surface area contributed by atoms with Gasteiger partial charge in [0.05, 0.1) is 12.2 Å². The molecular formula is C11H22N2O2. The number of amides is 1. The molecule has 0 unspecified atom stereocenters. The molecule has 0 saturated carbocycles. The van der Waals surface area contributed by atoms with Crippen LogP contribution >= 0.6 is 0 Å². The topological polar surface area (TPSA) is 41.6 Å². The van der Waals surface area contributed by atoms with E-state index in [0.29, 0.717) is 19.6 Å². The van der Waals surface area contributed by atoms with E-state index in [4.69, 9.17) is 4.74 Å². The molecule has 1 heterocycles. The molecule has 0 atom stereocenters. The van der Waals surface area contributed by atoms with Gasteiger partial charge in [0.1, 0.15) is 0 Å². The average molecular weight is 214 g/mol.